The van der Waals surface area contributed by atoms with Crippen LogP contribution in [-0.4, -0.2) is 124 Å². The van der Waals surface area contributed by atoms with Gasteiger partial charge in [-0.15, -0.1) is 0 Å². The fourth-order valence-electron chi connectivity index (χ4n) is 8.07. The smallest absolute Gasteiger partial charge is 0.410 e. The second kappa shape index (κ2) is 25.4. The Kier molecular flexibility index (Phi) is 19.5. The highest BCUT2D eigenvalue weighted by molar-refractivity contribution is 5.94. The summed E-state index contributed by atoms with van der Waals surface area (Å²) in [4.78, 5) is 79.0. The highest BCUT2D eigenvalue weighted by Gasteiger charge is 2.32. The number of anilines is 3. The summed E-state index contributed by atoms with van der Waals surface area (Å²) in [5.41, 5.74) is 10.2. The van der Waals surface area contributed by atoms with Crippen LogP contribution in [0.25, 0.3) is 11.1 Å². The van der Waals surface area contributed by atoms with Gasteiger partial charge in [0.25, 0.3) is 0 Å². The third kappa shape index (κ3) is 18.5. The molecule has 2 saturated heterocycles. The fourth-order valence-corrected chi connectivity index (χ4v) is 8.07. The van der Waals surface area contributed by atoms with Crippen LogP contribution in [-0.2, 0) is 52.9 Å². The monoisotopic (exact) mass is 1050 g/mol. The van der Waals surface area contributed by atoms with Gasteiger partial charge in [-0.25, -0.2) is 29.3 Å². The Labute approximate surface area is 447 Å². The number of amides is 5. The highest BCUT2D eigenvalue weighted by atomic mass is 16.6. The summed E-state index contributed by atoms with van der Waals surface area (Å²) in [6.45, 7) is 20.3. The van der Waals surface area contributed by atoms with E-state index in [-0.39, 0.29) is 42.2 Å². The topological polar surface area (TPSA) is 243 Å². The number of nitrogen functional groups attached to an aromatic ring is 1. The lowest BCUT2D eigenvalue weighted by atomic mass is 9.96. The number of carbonyl (C=O) groups is 5. The molecule has 20 nitrogen and oxygen atoms in total. The summed E-state index contributed by atoms with van der Waals surface area (Å²) in [5, 5.41) is 5.74. The van der Waals surface area contributed by atoms with Gasteiger partial charge >= 0.3 is 18.3 Å². The number of aromatic nitrogens is 3. The van der Waals surface area contributed by atoms with Crippen LogP contribution < -0.4 is 16.4 Å². The largest absolute Gasteiger partial charge is 0.472 e. The third-order valence-electron chi connectivity index (χ3n) is 12.3. The van der Waals surface area contributed by atoms with Crippen LogP contribution in [0.3, 0.4) is 0 Å². The number of rotatable bonds is 13. The Balaban J connectivity index is 0.000000186. The second-order valence-corrected chi connectivity index (χ2v) is 22.9. The zero-order valence-corrected chi connectivity index (χ0v) is 46.4. The molecule has 4 N–H and O–H groups in total. The lowest BCUT2D eigenvalue weighted by Gasteiger charge is -2.25. The van der Waals surface area contributed by atoms with Crippen molar-refractivity contribution in [1.29, 1.82) is 0 Å². The van der Waals surface area contributed by atoms with Gasteiger partial charge in [0, 0.05) is 69.2 Å². The minimum atomic E-state index is -0.577. The number of furan rings is 1. The van der Waals surface area contributed by atoms with Crippen molar-refractivity contribution in [2.75, 3.05) is 63.9 Å². The van der Waals surface area contributed by atoms with Crippen LogP contribution in [0.1, 0.15) is 141 Å². The van der Waals surface area contributed by atoms with Gasteiger partial charge in [-0.2, -0.15) is 0 Å². The summed E-state index contributed by atoms with van der Waals surface area (Å²) < 4.78 is 32.4. The van der Waals surface area contributed by atoms with Gasteiger partial charge in [-0.1, -0.05) is 12.1 Å². The first-order valence-corrected chi connectivity index (χ1v) is 26.1. The molecule has 4 fully saturated rings. The molecule has 414 valence electrons. The van der Waals surface area contributed by atoms with E-state index in [4.69, 9.17) is 33.8 Å². The maximum absolute atomic E-state index is 12.3. The van der Waals surface area contributed by atoms with Gasteiger partial charge in [0.05, 0.1) is 62.5 Å². The van der Waals surface area contributed by atoms with Crippen LogP contribution >= 0.6 is 0 Å². The number of hydrogen-bond acceptors (Lipinski definition) is 15. The van der Waals surface area contributed by atoms with Gasteiger partial charge in [-0.3, -0.25) is 9.59 Å². The van der Waals surface area contributed by atoms with E-state index < -0.39 is 29.0 Å². The maximum atomic E-state index is 12.3. The fraction of sp³-hybridized carbons (Fsp3) is 0.571. The van der Waals surface area contributed by atoms with Crippen molar-refractivity contribution >= 4 is 47.5 Å². The molecule has 4 aromatic heterocycles. The summed E-state index contributed by atoms with van der Waals surface area (Å²) in [6.07, 6.45) is 7.63. The minimum Gasteiger partial charge on any atom is -0.472 e. The molecule has 0 spiro atoms. The van der Waals surface area contributed by atoms with Crippen molar-refractivity contribution in [2.24, 2.45) is 11.8 Å². The Morgan fingerprint density at radius 1 is 0.566 bits per heavy atom. The summed E-state index contributed by atoms with van der Waals surface area (Å²) in [6, 6.07) is 13.1. The zero-order chi connectivity index (χ0) is 55.5. The summed E-state index contributed by atoms with van der Waals surface area (Å²) in [7, 11) is 5.05. The molecule has 4 aliphatic rings. The van der Waals surface area contributed by atoms with E-state index in [1.54, 1.807) is 45.8 Å². The number of pyridine rings is 3. The Morgan fingerprint density at radius 2 is 0.974 bits per heavy atom. The first-order chi connectivity index (χ1) is 35.7. The predicted molar refractivity (Wildman–Crippen MR) is 287 cm³/mol. The molecule has 76 heavy (non-hydrogen) atoms. The van der Waals surface area contributed by atoms with Gasteiger partial charge in [-0.05, 0) is 142 Å². The van der Waals surface area contributed by atoms with Crippen LogP contribution in [0, 0.1) is 11.8 Å². The quantitative estimate of drug-likeness (QED) is 0.106. The van der Waals surface area contributed by atoms with Crippen molar-refractivity contribution < 1.29 is 52.1 Å². The number of hydrogen-bond donors (Lipinski definition) is 3. The highest BCUT2D eigenvalue weighted by Crippen LogP contribution is 2.34. The molecular formula is C56H79N9O11. The van der Waals surface area contributed by atoms with E-state index in [1.165, 1.54) is 14.7 Å². The molecule has 2 unspecified atom stereocenters. The maximum Gasteiger partial charge on any atom is 0.410 e. The molecule has 0 aromatic carbocycles. The standard InChI is InChI=1S/C20H29N3O4.C20H25N3O4.C16H25N3O3/c2*1-20(2,3)27-19(25)23(4)11-16-15(14-9-10-26-12-14)7-8-17(21-16)22-18(24)13-5-6-13;1-16(2,3)22-15(20)19(4)9-13-12(5-6-14(17)18-13)11-7-8-21-10-11/h7-8,13-14H,5-6,9-12H2,1-4H3,(H,21,22,24);7-10,12-13H,5-6,11H2,1-4H3,(H,21,22,24);5-6,11H,7-10H2,1-4H3,(H2,17,18). The lowest BCUT2D eigenvalue weighted by molar-refractivity contribution is -0.118. The van der Waals surface area contributed by atoms with Gasteiger partial charge in [0.15, 0.2) is 0 Å². The van der Waals surface area contributed by atoms with Crippen molar-refractivity contribution in [3.63, 3.8) is 0 Å². The van der Waals surface area contributed by atoms with Crippen LogP contribution in [0.15, 0.2) is 59.4 Å². The molecule has 2 aliphatic heterocycles. The predicted octanol–water partition coefficient (Wildman–Crippen LogP) is 9.89. The zero-order valence-electron chi connectivity index (χ0n) is 46.4. The van der Waals surface area contributed by atoms with E-state index in [2.05, 4.69) is 25.6 Å². The number of nitrogens with two attached hydrogens (primary N) is 1. The molecule has 0 bridgehead atoms. The van der Waals surface area contributed by atoms with Gasteiger partial charge < -0.3 is 59.2 Å². The third-order valence-corrected chi connectivity index (χ3v) is 12.3. The van der Waals surface area contributed by atoms with E-state index in [1.807, 2.05) is 92.6 Å². The summed E-state index contributed by atoms with van der Waals surface area (Å²) >= 11 is 0. The van der Waals surface area contributed by atoms with E-state index in [0.29, 0.717) is 55.4 Å². The molecule has 4 aromatic rings. The first kappa shape index (κ1) is 58.5. The number of carbonyl (C=O) groups excluding carboxylic acids is 5. The number of ether oxygens (including phenoxy) is 5. The molecule has 20 heteroatoms. The van der Waals surface area contributed by atoms with Crippen LogP contribution in [0.5, 0.6) is 0 Å². The second-order valence-electron chi connectivity index (χ2n) is 22.9. The molecule has 2 saturated carbocycles. The van der Waals surface area contributed by atoms with Crippen molar-refractivity contribution in [1.82, 2.24) is 29.7 Å². The molecule has 5 amide bonds. The SMILES string of the molecule is CN(Cc1nc(N)ccc1C1CCOC1)C(=O)OC(C)(C)C.CN(Cc1nc(NC(=O)C2CC2)ccc1-c1ccoc1)C(=O)OC(C)(C)C.CN(Cc1nc(NC(=O)C2CC2)ccc1C1CCOC1)C(=O)OC(C)(C)C. The molecule has 2 aliphatic carbocycles. The normalized spacial score (nSPS) is 17.2. The van der Waals surface area contributed by atoms with Crippen molar-refractivity contribution in [3.8, 4) is 11.1 Å². The molecule has 2 atom stereocenters. The molecule has 8 rings (SSSR count). The van der Waals surface area contributed by atoms with Gasteiger partial charge in [0.2, 0.25) is 11.8 Å². The molecule has 6 heterocycles. The molecule has 0 radical (unpaired) electrons. The Hall–Kier alpha value is -6.80. The van der Waals surface area contributed by atoms with E-state index >= 15 is 0 Å². The van der Waals surface area contributed by atoms with Gasteiger partial charge in [0.1, 0.15) is 34.3 Å². The molecular weight excluding hydrogens is 975 g/mol. The average molecular weight is 1050 g/mol. The minimum absolute atomic E-state index is 0.00925. The average Bonchev–Trinajstić information content (AvgIpc) is 4.15. The van der Waals surface area contributed by atoms with Crippen molar-refractivity contribution in [2.45, 2.75) is 149 Å². The number of nitrogens with zero attached hydrogens (tertiary/aromatic N) is 6. The van der Waals surface area contributed by atoms with Crippen molar-refractivity contribution in [3.05, 3.63) is 83.2 Å². The Bertz CT molecular complexity index is 2620. The lowest BCUT2D eigenvalue weighted by Crippen LogP contribution is -2.34. The van der Waals surface area contributed by atoms with E-state index in [0.717, 1.165) is 85.4 Å². The van der Waals surface area contributed by atoms with Crippen LogP contribution in [0.2, 0.25) is 0 Å². The summed E-state index contributed by atoms with van der Waals surface area (Å²) in [5.74, 6) is 2.25. The number of nitrogens with one attached hydrogen (secondary N) is 2. The first-order valence-electron chi connectivity index (χ1n) is 26.1. The van der Waals surface area contributed by atoms with E-state index in [9.17, 15) is 24.0 Å². The van der Waals surface area contributed by atoms with Crippen LogP contribution in [0.4, 0.5) is 31.8 Å². The Morgan fingerprint density at radius 3 is 1.37 bits per heavy atom.